The Morgan fingerprint density at radius 3 is 2.50 bits per heavy atom. The third-order valence-corrected chi connectivity index (χ3v) is 9.24. The molecular formula is C43H46N4O7. The molecule has 11 heteroatoms. The smallest absolute Gasteiger partial charge is 0.336 e. The number of carboxylic acids is 1. The molecule has 1 aliphatic heterocycles. The van der Waals surface area contributed by atoms with Crippen molar-refractivity contribution < 1.29 is 33.7 Å². The van der Waals surface area contributed by atoms with Gasteiger partial charge in [-0.2, -0.15) is 0 Å². The molecular weight excluding hydrogens is 684 g/mol. The second-order valence-corrected chi connectivity index (χ2v) is 13.1. The molecule has 5 rings (SSSR count). The van der Waals surface area contributed by atoms with E-state index in [-0.39, 0.29) is 36.8 Å². The molecule has 0 spiro atoms. The fraction of sp³-hybridized carbons (Fsp3) is 0.326. The van der Waals surface area contributed by atoms with Crippen molar-refractivity contribution in [2.75, 3.05) is 19.8 Å². The fourth-order valence-corrected chi connectivity index (χ4v) is 6.59. The summed E-state index contributed by atoms with van der Waals surface area (Å²) in [6, 6.07) is 19.5. The Bertz CT molecular complexity index is 2240. The van der Waals surface area contributed by atoms with Gasteiger partial charge in [-0.25, -0.2) is 4.79 Å². The maximum Gasteiger partial charge on any atom is 0.336 e. The van der Waals surface area contributed by atoms with E-state index < -0.39 is 12.2 Å². The zero-order valence-electron chi connectivity index (χ0n) is 31.4. The van der Waals surface area contributed by atoms with Gasteiger partial charge in [-0.05, 0) is 128 Å². The van der Waals surface area contributed by atoms with Crippen LogP contribution in [0.5, 0.6) is 17.2 Å². The molecule has 2 N–H and O–H groups in total. The molecule has 1 amide bonds. The number of aromatic carboxylic acids is 1. The number of hydrogen-bond donors (Lipinski definition) is 2. The first-order valence-corrected chi connectivity index (χ1v) is 18.3. The largest absolute Gasteiger partial charge is 0.491 e. The van der Waals surface area contributed by atoms with Gasteiger partial charge in [0.05, 0.1) is 5.56 Å². The van der Waals surface area contributed by atoms with Crippen LogP contribution in [0, 0.1) is 13.8 Å². The van der Waals surface area contributed by atoms with Crippen LogP contribution >= 0.6 is 0 Å². The zero-order valence-corrected chi connectivity index (χ0v) is 31.4. The van der Waals surface area contributed by atoms with Crippen molar-refractivity contribution in [1.29, 1.82) is 0 Å². The number of fused-ring (bicyclic) bond motifs is 2. The Labute approximate surface area is 314 Å². The van der Waals surface area contributed by atoms with E-state index in [4.69, 9.17) is 19.7 Å². The maximum atomic E-state index is 13.6. The summed E-state index contributed by atoms with van der Waals surface area (Å²) in [5, 5.41) is 18.6. The predicted octanol–water partition coefficient (Wildman–Crippen LogP) is 7.94. The Kier molecular flexibility index (Phi) is 13.3. The topological polar surface area (TPSA) is 160 Å². The second-order valence-electron chi connectivity index (χ2n) is 13.1. The van der Waals surface area contributed by atoms with Gasteiger partial charge >= 0.3 is 5.97 Å². The number of carbonyl (C=O) groups is 3. The van der Waals surface area contributed by atoms with Gasteiger partial charge < -0.3 is 24.6 Å². The molecule has 280 valence electrons. The van der Waals surface area contributed by atoms with Crippen LogP contribution < -0.4 is 25.2 Å². The average molecular weight is 731 g/mol. The molecule has 54 heavy (non-hydrogen) atoms. The molecule has 0 radical (unpaired) electrons. The number of hydrogen-bond acceptors (Lipinski definition) is 7. The minimum Gasteiger partial charge on any atom is -0.491 e. The quantitative estimate of drug-likeness (QED) is 0.0323. The number of amides is 1. The number of Topliss-reactive ketones (excluding diaryl/α,β-unsaturated/α-hetero) is 1. The van der Waals surface area contributed by atoms with E-state index in [1.165, 1.54) is 11.6 Å². The molecule has 0 bridgehead atoms. The lowest BCUT2D eigenvalue weighted by molar-refractivity contribution is 0.0324. The van der Waals surface area contributed by atoms with E-state index in [1.54, 1.807) is 43.3 Å². The minimum atomic E-state index is -1.10. The summed E-state index contributed by atoms with van der Waals surface area (Å²) in [6.45, 7) is 10.6. The van der Waals surface area contributed by atoms with Gasteiger partial charge in [0, 0.05) is 52.0 Å². The maximum absolute atomic E-state index is 13.6. The third kappa shape index (κ3) is 9.17. The first kappa shape index (κ1) is 39.3. The monoisotopic (exact) mass is 730 g/mol. The summed E-state index contributed by atoms with van der Waals surface area (Å²) < 4.78 is 17.5. The van der Waals surface area contributed by atoms with Gasteiger partial charge in [0.1, 0.15) is 23.9 Å². The molecule has 0 aromatic heterocycles. The van der Waals surface area contributed by atoms with Crippen molar-refractivity contribution in [2.24, 2.45) is 5.11 Å². The molecule has 1 heterocycles. The average Bonchev–Trinajstić information content (AvgIpc) is 3.15. The van der Waals surface area contributed by atoms with Crippen molar-refractivity contribution in [3.05, 3.63) is 132 Å². The van der Waals surface area contributed by atoms with Crippen LogP contribution in [0.2, 0.25) is 0 Å². The van der Waals surface area contributed by atoms with Crippen molar-refractivity contribution in [3.63, 3.8) is 0 Å². The van der Waals surface area contributed by atoms with Crippen molar-refractivity contribution in [3.8, 4) is 17.2 Å². The molecule has 1 unspecified atom stereocenters. The molecule has 0 fully saturated rings. The molecule has 4 aromatic carbocycles. The number of azide groups is 1. The van der Waals surface area contributed by atoms with E-state index in [0.29, 0.717) is 52.5 Å². The van der Waals surface area contributed by atoms with Crippen LogP contribution in [0.3, 0.4) is 0 Å². The number of rotatable bonds is 17. The molecule has 0 aliphatic carbocycles. The summed E-state index contributed by atoms with van der Waals surface area (Å²) in [5.74, 6) is 0.0984. The van der Waals surface area contributed by atoms with Crippen LogP contribution in [-0.2, 0) is 11.2 Å². The lowest BCUT2D eigenvalue weighted by Gasteiger charge is -2.24. The molecule has 11 nitrogen and oxygen atoms in total. The van der Waals surface area contributed by atoms with Crippen LogP contribution in [0.25, 0.3) is 22.1 Å². The Balaban J connectivity index is 1.39. The van der Waals surface area contributed by atoms with Crippen molar-refractivity contribution in [2.45, 2.75) is 73.0 Å². The van der Waals surface area contributed by atoms with Gasteiger partial charge in [0.15, 0.2) is 12.0 Å². The van der Waals surface area contributed by atoms with Crippen molar-refractivity contribution in [1.82, 2.24) is 5.32 Å². The molecule has 0 saturated carbocycles. The van der Waals surface area contributed by atoms with Gasteiger partial charge in [-0.15, -0.1) is 0 Å². The number of carbonyl (C=O) groups excluding carboxylic acids is 2. The normalized spacial score (nSPS) is 12.5. The number of benzene rings is 4. The highest BCUT2D eigenvalue weighted by atomic mass is 16.5. The second kappa shape index (κ2) is 18.2. The first-order valence-electron chi connectivity index (χ1n) is 18.3. The Morgan fingerprint density at radius 1 is 0.963 bits per heavy atom. The van der Waals surface area contributed by atoms with Gasteiger partial charge in [0.2, 0.25) is 0 Å². The van der Waals surface area contributed by atoms with E-state index in [9.17, 15) is 19.5 Å². The zero-order chi connectivity index (χ0) is 38.8. The minimum absolute atomic E-state index is 0.00982. The number of ether oxygens (including phenoxy) is 3. The van der Waals surface area contributed by atoms with Crippen LogP contribution in [0.15, 0.2) is 71.8 Å². The Hall–Kier alpha value is -5.90. The molecule has 1 aliphatic rings. The van der Waals surface area contributed by atoms with E-state index >= 15 is 0 Å². The number of nitrogens with zero attached hydrogens (tertiary/aromatic N) is 3. The highest BCUT2D eigenvalue weighted by molar-refractivity contribution is 6.03. The summed E-state index contributed by atoms with van der Waals surface area (Å²) in [6.07, 6.45) is 4.54. The summed E-state index contributed by atoms with van der Waals surface area (Å²) >= 11 is 0. The van der Waals surface area contributed by atoms with Gasteiger partial charge in [-0.1, -0.05) is 43.6 Å². The molecule has 4 aromatic rings. The first-order chi connectivity index (χ1) is 26.1. The van der Waals surface area contributed by atoms with E-state index in [1.807, 2.05) is 19.1 Å². The standard InChI is InChI=1S/C43H46N4O7/c1-6-11-28-23-38-35(19-26(28)4)41(36-20-27(5)29(12-7-2)24-39(36)54-38)34-22-30(16-17-33(34)43(50)51)37(48)15-10-18-45-42(49)31-13-9-14-32(21-31)53-25-40(46-47-44)52-8-3/h9,11,13-14,16-17,19-24,40H,6-8,10,12,15,18,25H2,1-5H3,(H,45,49)(H,50,51)/b28-11-. The van der Waals surface area contributed by atoms with E-state index in [0.717, 1.165) is 46.4 Å². The van der Waals surface area contributed by atoms with Crippen LogP contribution in [0.4, 0.5) is 0 Å². The lowest BCUT2D eigenvalue weighted by atomic mass is 9.85. The fourth-order valence-electron chi connectivity index (χ4n) is 6.59. The predicted molar refractivity (Wildman–Crippen MR) is 208 cm³/mol. The van der Waals surface area contributed by atoms with Gasteiger partial charge in [-0.3, -0.25) is 9.59 Å². The lowest BCUT2D eigenvalue weighted by Crippen LogP contribution is -2.25. The molecule has 1 atom stereocenters. The van der Waals surface area contributed by atoms with Crippen molar-refractivity contribution >= 4 is 29.3 Å². The van der Waals surface area contributed by atoms with E-state index in [2.05, 4.69) is 54.3 Å². The number of aryl methyl sites for hydroxylation is 3. The highest BCUT2D eigenvalue weighted by Crippen LogP contribution is 2.39. The number of nitrogens with one attached hydrogen (secondary N) is 1. The van der Waals surface area contributed by atoms with Crippen LogP contribution in [-0.4, -0.2) is 48.8 Å². The summed E-state index contributed by atoms with van der Waals surface area (Å²) in [4.78, 5) is 42.0. The number of carboxylic acid groups (broad SMARTS) is 1. The van der Waals surface area contributed by atoms with Crippen LogP contribution in [0.1, 0.15) is 105 Å². The summed E-state index contributed by atoms with van der Waals surface area (Å²) in [7, 11) is 0. The third-order valence-electron chi connectivity index (χ3n) is 9.24. The summed E-state index contributed by atoms with van der Waals surface area (Å²) in [5.41, 5.74) is 14.8. The van der Waals surface area contributed by atoms with Gasteiger partial charge in [0.25, 0.3) is 5.91 Å². The Morgan fingerprint density at radius 2 is 1.78 bits per heavy atom. The number of ketones is 1. The molecule has 0 saturated heterocycles. The highest BCUT2D eigenvalue weighted by Gasteiger charge is 2.26. The SMILES string of the molecule is CC/C=c1/cc2c(cc1C)=C(c1cc(C(=O)CCCNC(=O)c3cccc(OCC(N=[N+]=[N-])OCC)c3)ccc1C(=O)O)c1cc(C)c(CCC)cc1O2.